The highest BCUT2D eigenvalue weighted by atomic mass is 32.2. The number of carbonyl (C=O) groups is 1. The van der Waals surface area contributed by atoms with E-state index in [0.29, 0.717) is 6.42 Å². The molecule has 5 nitrogen and oxygen atoms in total. The van der Waals surface area contributed by atoms with Crippen LogP contribution < -0.4 is 4.74 Å². The molecule has 0 radical (unpaired) electrons. The summed E-state index contributed by atoms with van der Waals surface area (Å²) in [4.78, 5) is 11.2. The van der Waals surface area contributed by atoms with Gasteiger partial charge in [0.2, 0.25) is 0 Å². The summed E-state index contributed by atoms with van der Waals surface area (Å²) >= 11 is 1.66. The molecule has 2 aromatic carbocycles. The van der Waals surface area contributed by atoms with Gasteiger partial charge in [0.1, 0.15) is 11.5 Å². The Hall–Kier alpha value is -2.60. The lowest BCUT2D eigenvalue weighted by Crippen LogP contribution is -2.06. The standard InChI is InChI=1S/C22H25N3O2S/c1-17(26)7-6-16-28-22-24-23-21(19-10-12-20(27-2)13-11-19)25(22)15-14-18-8-4-3-5-9-18/h3-5,8-13H,6-7,14-16H2,1-2H3. The highest BCUT2D eigenvalue weighted by molar-refractivity contribution is 7.99. The number of nitrogens with zero attached hydrogens (tertiary/aromatic N) is 3. The number of rotatable bonds is 10. The molecule has 0 bridgehead atoms. The predicted octanol–water partition coefficient (Wildman–Crippen LogP) is 4.66. The number of carbonyl (C=O) groups excluding carboxylic acids is 1. The van der Waals surface area contributed by atoms with Gasteiger partial charge in [-0.1, -0.05) is 42.1 Å². The SMILES string of the molecule is COc1ccc(-c2nnc(SCCCC(C)=O)n2CCc2ccccc2)cc1. The second-order valence-electron chi connectivity index (χ2n) is 6.58. The van der Waals surface area contributed by atoms with Gasteiger partial charge in [-0.15, -0.1) is 10.2 Å². The Morgan fingerprint density at radius 1 is 1.07 bits per heavy atom. The van der Waals surface area contributed by atoms with Gasteiger partial charge in [0.15, 0.2) is 11.0 Å². The minimum absolute atomic E-state index is 0.227. The third-order valence-corrected chi connectivity index (χ3v) is 5.49. The molecule has 0 aliphatic heterocycles. The van der Waals surface area contributed by atoms with E-state index in [0.717, 1.165) is 47.4 Å². The van der Waals surface area contributed by atoms with E-state index in [1.165, 1.54) is 5.56 Å². The zero-order chi connectivity index (χ0) is 19.8. The Balaban J connectivity index is 1.80. The Labute approximate surface area is 170 Å². The Morgan fingerprint density at radius 3 is 2.50 bits per heavy atom. The molecule has 0 spiro atoms. The molecule has 0 saturated heterocycles. The largest absolute Gasteiger partial charge is 0.497 e. The van der Waals surface area contributed by atoms with E-state index in [4.69, 9.17) is 4.74 Å². The lowest BCUT2D eigenvalue weighted by molar-refractivity contribution is -0.117. The van der Waals surface area contributed by atoms with Crippen molar-refractivity contribution in [1.82, 2.24) is 14.8 Å². The minimum atomic E-state index is 0.227. The van der Waals surface area contributed by atoms with Gasteiger partial charge in [-0.2, -0.15) is 0 Å². The van der Waals surface area contributed by atoms with Crippen LogP contribution in [0.15, 0.2) is 59.8 Å². The summed E-state index contributed by atoms with van der Waals surface area (Å²) in [5, 5.41) is 9.77. The van der Waals surface area contributed by atoms with Crippen molar-refractivity contribution in [2.45, 2.75) is 37.9 Å². The molecule has 0 amide bonds. The molecule has 1 heterocycles. The van der Waals surface area contributed by atoms with Gasteiger partial charge in [0.05, 0.1) is 7.11 Å². The van der Waals surface area contributed by atoms with Gasteiger partial charge < -0.3 is 14.1 Å². The number of Topliss-reactive ketones (excluding diaryl/α,β-unsaturated/α-hetero) is 1. The van der Waals surface area contributed by atoms with Crippen LogP contribution in [0.25, 0.3) is 11.4 Å². The van der Waals surface area contributed by atoms with E-state index in [-0.39, 0.29) is 5.78 Å². The highest BCUT2D eigenvalue weighted by Gasteiger charge is 2.14. The van der Waals surface area contributed by atoms with Crippen LogP contribution in [0.4, 0.5) is 0 Å². The zero-order valence-corrected chi connectivity index (χ0v) is 17.1. The molecule has 146 valence electrons. The normalized spacial score (nSPS) is 10.8. The number of aromatic nitrogens is 3. The van der Waals surface area contributed by atoms with Crippen LogP contribution >= 0.6 is 11.8 Å². The third kappa shape index (κ3) is 5.45. The molecule has 0 unspecified atom stereocenters. The van der Waals surface area contributed by atoms with Crippen molar-refractivity contribution in [3.05, 3.63) is 60.2 Å². The van der Waals surface area contributed by atoms with Gasteiger partial charge in [-0.25, -0.2) is 0 Å². The lowest BCUT2D eigenvalue weighted by atomic mass is 10.1. The molecule has 0 fully saturated rings. The van der Waals surface area contributed by atoms with Crippen LogP contribution in [-0.2, 0) is 17.8 Å². The van der Waals surface area contributed by atoms with E-state index in [1.807, 2.05) is 30.3 Å². The first-order valence-corrected chi connectivity index (χ1v) is 10.4. The van der Waals surface area contributed by atoms with Crippen molar-refractivity contribution in [1.29, 1.82) is 0 Å². The molecule has 0 saturated carbocycles. The summed E-state index contributed by atoms with van der Waals surface area (Å²) in [6.07, 6.45) is 2.36. The number of benzene rings is 2. The number of methoxy groups -OCH3 is 1. The number of ketones is 1. The maximum Gasteiger partial charge on any atom is 0.191 e. The number of hydrogen-bond acceptors (Lipinski definition) is 5. The predicted molar refractivity (Wildman–Crippen MR) is 113 cm³/mol. The number of hydrogen-bond donors (Lipinski definition) is 0. The van der Waals surface area contributed by atoms with Crippen LogP contribution in [0.2, 0.25) is 0 Å². The third-order valence-electron chi connectivity index (χ3n) is 4.44. The quantitative estimate of drug-likeness (QED) is 0.369. The fraction of sp³-hybridized carbons (Fsp3) is 0.318. The summed E-state index contributed by atoms with van der Waals surface area (Å²) < 4.78 is 7.43. The van der Waals surface area contributed by atoms with Crippen molar-refractivity contribution >= 4 is 17.5 Å². The second kappa shape index (κ2) is 10.1. The van der Waals surface area contributed by atoms with Crippen LogP contribution in [0.3, 0.4) is 0 Å². The van der Waals surface area contributed by atoms with Crippen molar-refractivity contribution in [3.8, 4) is 17.1 Å². The summed E-state index contributed by atoms with van der Waals surface area (Å²) in [6, 6.07) is 18.3. The smallest absolute Gasteiger partial charge is 0.191 e. The molecule has 6 heteroatoms. The first-order valence-electron chi connectivity index (χ1n) is 9.41. The minimum Gasteiger partial charge on any atom is -0.497 e. The molecule has 3 rings (SSSR count). The molecule has 0 aliphatic carbocycles. The van der Waals surface area contributed by atoms with E-state index in [9.17, 15) is 4.79 Å². The fourth-order valence-electron chi connectivity index (χ4n) is 2.92. The van der Waals surface area contributed by atoms with Gasteiger partial charge in [-0.3, -0.25) is 0 Å². The summed E-state index contributed by atoms with van der Waals surface area (Å²) in [5.74, 6) is 2.75. The maximum absolute atomic E-state index is 11.2. The summed E-state index contributed by atoms with van der Waals surface area (Å²) in [7, 11) is 1.66. The van der Waals surface area contributed by atoms with Gasteiger partial charge in [-0.05, 0) is 49.6 Å². The van der Waals surface area contributed by atoms with Crippen molar-refractivity contribution in [3.63, 3.8) is 0 Å². The zero-order valence-electron chi connectivity index (χ0n) is 16.3. The fourth-order valence-corrected chi connectivity index (χ4v) is 3.82. The van der Waals surface area contributed by atoms with E-state index in [2.05, 4.69) is 39.0 Å². The van der Waals surface area contributed by atoms with E-state index >= 15 is 0 Å². The van der Waals surface area contributed by atoms with Crippen LogP contribution in [0.1, 0.15) is 25.3 Å². The molecule has 0 N–H and O–H groups in total. The molecular weight excluding hydrogens is 370 g/mol. The van der Waals surface area contributed by atoms with Crippen molar-refractivity contribution in [2.75, 3.05) is 12.9 Å². The number of aryl methyl sites for hydroxylation is 1. The first kappa shape index (κ1) is 20.1. The average molecular weight is 396 g/mol. The molecular formula is C22H25N3O2S. The van der Waals surface area contributed by atoms with Gasteiger partial charge in [0.25, 0.3) is 0 Å². The molecule has 28 heavy (non-hydrogen) atoms. The highest BCUT2D eigenvalue weighted by Crippen LogP contribution is 2.26. The number of thioether (sulfide) groups is 1. The monoisotopic (exact) mass is 395 g/mol. The topological polar surface area (TPSA) is 57.0 Å². The van der Waals surface area contributed by atoms with Crippen LogP contribution in [-0.4, -0.2) is 33.4 Å². The molecule has 0 atom stereocenters. The van der Waals surface area contributed by atoms with Crippen molar-refractivity contribution in [2.24, 2.45) is 0 Å². The first-order chi connectivity index (χ1) is 13.7. The second-order valence-corrected chi connectivity index (χ2v) is 7.64. The van der Waals surface area contributed by atoms with E-state index in [1.54, 1.807) is 25.8 Å². The van der Waals surface area contributed by atoms with E-state index < -0.39 is 0 Å². The summed E-state index contributed by atoms with van der Waals surface area (Å²) in [5.41, 5.74) is 2.29. The molecule has 1 aromatic heterocycles. The Morgan fingerprint density at radius 2 is 1.82 bits per heavy atom. The van der Waals surface area contributed by atoms with Crippen molar-refractivity contribution < 1.29 is 9.53 Å². The van der Waals surface area contributed by atoms with Gasteiger partial charge >= 0.3 is 0 Å². The Bertz CT molecular complexity index is 892. The van der Waals surface area contributed by atoms with Gasteiger partial charge in [0, 0.05) is 24.3 Å². The summed E-state index contributed by atoms with van der Waals surface area (Å²) in [6.45, 7) is 2.43. The average Bonchev–Trinajstić information content (AvgIpc) is 3.13. The lowest BCUT2D eigenvalue weighted by Gasteiger charge is -2.11. The molecule has 3 aromatic rings. The van der Waals surface area contributed by atoms with Crippen LogP contribution in [0.5, 0.6) is 5.75 Å². The number of ether oxygens (including phenoxy) is 1. The van der Waals surface area contributed by atoms with Crippen LogP contribution in [0, 0.1) is 0 Å². The Kier molecular flexibility index (Phi) is 7.25. The maximum atomic E-state index is 11.2. The molecule has 0 aliphatic rings.